The smallest absolute Gasteiger partial charge is 0.150 e. The van der Waals surface area contributed by atoms with E-state index < -0.39 is 0 Å². The molecule has 1 heteroatoms. The SMILES string of the molecule is O=Cc1ccc(-c2ccc3c(c2)C2(c4ccccc4-c4ccccc42)c2ccccc2-3)cc1. The molecule has 1 nitrogen and oxygen atoms in total. The van der Waals surface area contributed by atoms with E-state index in [0.29, 0.717) is 5.56 Å². The van der Waals surface area contributed by atoms with Crippen LogP contribution in [-0.4, -0.2) is 6.29 Å². The standard InChI is InChI=1S/C32H20O/c33-20-21-13-15-22(16-14-21)23-17-18-27-26-9-3-6-12-30(26)32(31(27)19-23)28-10-4-1-7-24(28)25-8-2-5-11-29(25)32/h1-20H. The van der Waals surface area contributed by atoms with Crippen molar-refractivity contribution in [2.24, 2.45) is 0 Å². The summed E-state index contributed by atoms with van der Waals surface area (Å²) >= 11 is 0. The van der Waals surface area contributed by atoms with Crippen molar-refractivity contribution in [3.8, 4) is 33.4 Å². The zero-order chi connectivity index (χ0) is 22.0. The van der Waals surface area contributed by atoms with Crippen molar-refractivity contribution < 1.29 is 4.79 Å². The van der Waals surface area contributed by atoms with Gasteiger partial charge in [-0.15, -0.1) is 0 Å². The fourth-order valence-corrected chi connectivity index (χ4v) is 6.03. The zero-order valence-electron chi connectivity index (χ0n) is 18.0. The van der Waals surface area contributed by atoms with E-state index in [0.717, 1.165) is 11.8 Å². The number of rotatable bonds is 2. The highest BCUT2D eigenvalue weighted by molar-refractivity contribution is 5.95. The van der Waals surface area contributed by atoms with E-state index in [-0.39, 0.29) is 5.41 Å². The molecule has 33 heavy (non-hydrogen) atoms. The average Bonchev–Trinajstić information content (AvgIpc) is 3.36. The molecular formula is C32H20O. The predicted molar refractivity (Wildman–Crippen MR) is 134 cm³/mol. The second-order valence-electron chi connectivity index (χ2n) is 8.89. The number of hydrogen-bond acceptors (Lipinski definition) is 1. The van der Waals surface area contributed by atoms with Gasteiger partial charge < -0.3 is 0 Å². The molecule has 0 radical (unpaired) electrons. The fourth-order valence-electron chi connectivity index (χ4n) is 6.03. The molecule has 1 spiro atoms. The summed E-state index contributed by atoms with van der Waals surface area (Å²) in [6, 6.07) is 41.3. The Bertz CT molecular complexity index is 1510. The summed E-state index contributed by atoms with van der Waals surface area (Å²) in [5.41, 5.74) is 13.3. The van der Waals surface area contributed by atoms with E-state index in [9.17, 15) is 4.79 Å². The van der Waals surface area contributed by atoms with Gasteiger partial charge in [0.05, 0.1) is 5.41 Å². The summed E-state index contributed by atoms with van der Waals surface area (Å²) in [5.74, 6) is 0. The minimum atomic E-state index is -0.322. The van der Waals surface area contributed by atoms with Gasteiger partial charge in [-0.3, -0.25) is 4.79 Å². The topological polar surface area (TPSA) is 17.1 Å². The van der Waals surface area contributed by atoms with Crippen LogP contribution < -0.4 is 0 Å². The van der Waals surface area contributed by atoms with Gasteiger partial charge in [-0.1, -0.05) is 109 Å². The van der Waals surface area contributed by atoms with Crippen LogP contribution >= 0.6 is 0 Å². The third kappa shape index (κ3) is 2.29. The summed E-state index contributed by atoms with van der Waals surface area (Å²) in [6.45, 7) is 0. The van der Waals surface area contributed by atoms with Gasteiger partial charge in [-0.25, -0.2) is 0 Å². The monoisotopic (exact) mass is 420 g/mol. The van der Waals surface area contributed by atoms with E-state index in [1.54, 1.807) is 0 Å². The van der Waals surface area contributed by atoms with Crippen molar-refractivity contribution >= 4 is 6.29 Å². The van der Waals surface area contributed by atoms with Crippen LogP contribution in [0, 0.1) is 0 Å². The molecule has 0 fully saturated rings. The molecule has 0 N–H and O–H groups in total. The Balaban J connectivity index is 1.58. The summed E-state index contributed by atoms with van der Waals surface area (Å²) in [6.07, 6.45) is 0.893. The Labute approximate surface area is 193 Å². The van der Waals surface area contributed by atoms with Crippen LogP contribution in [0.4, 0.5) is 0 Å². The van der Waals surface area contributed by atoms with E-state index in [2.05, 4.69) is 91.0 Å². The highest BCUT2D eigenvalue weighted by Crippen LogP contribution is 2.62. The molecular weight excluding hydrogens is 400 g/mol. The van der Waals surface area contributed by atoms with Gasteiger partial charge >= 0.3 is 0 Å². The molecule has 0 aliphatic heterocycles. The first-order valence-corrected chi connectivity index (χ1v) is 11.3. The van der Waals surface area contributed by atoms with Crippen LogP contribution in [0.5, 0.6) is 0 Å². The molecule has 0 saturated heterocycles. The third-order valence-electron chi connectivity index (χ3n) is 7.38. The second kappa shape index (κ2) is 6.63. The predicted octanol–water partition coefficient (Wildman–Crippen LogP) is 7.51. The molecule has 0 unspecified atom stereocenters. The maximum atomic E-state index is 11.1. The molecule has 0 heterocycles. The quantitative estimate of drug-likeness (QED) is 0.265. The van der Waals surface area contributed by atoms with Crippen LogP contribution in [0.3, 0.4) is 0 Å². The molecule has 0 amide bonds. The van der Waals surface area contributed by atoms with Crippen molar-refractivity contribution in [3.05, 3.63) is 143 Å². The molecule has 0 aromatic heterocycles. The van der Waals surface area contributed by atoms with Gasteiger partial charge in [0.25, 0.3) is 0 Å². The van der Waals surface area contributed by atoms with E-state index >= 15 is 0 Å². The summed E-state index contributed by atoms with van der Waals surface area (Å²) in [5, 5.41) is 0. The lowest BCUT2D eigenvalue weighted by Crippen LogP contribution is -2.25. The van der Waals surface area contributed by atoms with Gasteiger partial charge in [-0.05, 0) is 61.7 Å². The maximum Gasteiger partial charge on any atom is 0.150 e. The average molecular weight is 421 g/mol. The third-order valence-corrected chi connectivity index (χ3v) is 7.38. The minimum absolute atomic E-state index is 0.322. The van der Waals surface area contributed by atoms with Crippen LogP contribution in [0.25, 0.3) is 33.4 Å². The summed E-state index contributed by atoms with van der Waals surface area (Å²) < 4.78 is 0. The Kier molecular flexibility index (Phi) is 3.69. The molecule has 5 aromatic rings. The van der Waals surface area contributed by atoms with Crippen LogP contribution in [0.15, 0.2) is 115 Å². The lowest BCUT2D eigenvalue weighted by Gasteiger charge is -2.30. The fraction of sp³-hybridized carbons (Fsp3) is 0.0312. The lowest BCUT2D eigenvalue weighted by atomic mass is 9.70. The largest absolute Gasteiger partial charge is 0.298 e. The van der Waals surface area contributed by atoms with Gasteiger partial charge in [-0.2, -0.15) is 0 Å². The van der Waals surface area contributed by atoms with E-state index in [1.807, 2.05) is 24.3 Å². The zero-order valence-corrected chi connectivity index (χ0v) is 18.0. The number of hydrogen-bond donors (Lipinski definition) is 0. The van der Waals surface area contributed by atoms with Crippen molar-refractivity contribution in [2.75, 3.05) is 0 Å². The molecule has 0 atom stereocenters. The number of fused-ring (bicyclic) bond motifs is 10. The first-order valence-electron chi connectivity index (χ1n) is 11.3. The van der Waals surface area contributed by atoms with Gasteiger partial charge in [0.15, 0.2) is 0 Å². The minimum Gasteiger partial charge on any atom is -0.298 e. The molecule has 0 saturated carbocycles. The summed E-state index contributed by atoms with van der Waals surface area (Å²) in [7, 11) is 0. The van der Waals surface area contributed by atoms with Crippen LogP contribution in [-0.2, 0) is 5.41 Å². The van der Waals surface area contributed by atoms with Crippen molar-refractivity contribution in [1.29, 1.82) is 0 Å². The molecule has 2 aliphatic carbocycles. The van der Waals surface area contributed by atoms with E-state index in [4.69, 9.17) is 0 Å². The number of benzene rings is 5. The Morgan fingerprint density at radius 2 is 0.909 bits per heavy atom. The maximum absolute atomic E-state index is 11.1. The molecule has 5 aromatic carbocycles. The molecule has 154 valence electrons. The Morgan fingerprint density at radius 3 is 1.42 bits per heavy atom. The normalized spacial score (nSPS) is 13.8. The highest BCUT2D eigenvalue weighted by Gasteiger charge is 2.51. The Morgan fingerprint density at radius 1 is 0.455 bits per heavy atom. The first-order chi connectivity index (χ1) is 16.3. The number of aldehydes is 1. The van der Waals surface area contributed by atoms with Gasteiger partial charge in [0.1, 0.15) is 6.29 Å². The van der Waals surface area contributed by atoms with Crippen LogP contribution in [0.1, 0.15) is 32.6 Å². The lowest BCUT2D eigenvalue weighted by molar-refractivity contribution is 0.112. The summed E-state index contributed by atoms with van der Waals surface area (Å²) in [4.78, 5) is 11.1. The number of carbonyl (C=O) groups excluding carboxylic acids is 1. The van der Waals surface area contributed by atoms with Crippen LogP contribution in [0.2, 0.25) is 0 Å². The van der Waals surface area contributed by atoms with Crippen molar-refractivity contribution in [1.82, 2.24) is 0 Å². The van der Waals surface area contributed by atoms with Crippen molar-refractivity contribution in [3.63, 3.8) is 0 Å². The molecule has 2 aliphatic rings. The number of carbonyl (C=O) groups is 1. The Hall–Kier alpha value is -4.23. The van der Waals surface area contributed by atoms with Crippen molar-refractivity contribution in [2.45, 2.75) is 5.41 Å². The highest BCUT2D eigenvalue weighted by atomic mass is 16.1. The van der Waals surface area contributed by atoms with E-state index in [1.165, 1.54) is 50.1 Å². The molecule has 0 bridgehead atoms. The molecule has 7 rings (SSSR count). The van der Waals surface area contributed by atoms with Gasteiger partial charge in [0.2, 0.25) is 0 Å². The first kappa shape index (κ1) is 18.4. The second-order valence-corrected chi connectivity index (χ2v) is 8.89. The van der Waals surface area contributed by atoms with Gasteiger partial charge in [0, 0.05) is 5.56 Å².